The Balaban J connectivity index is 1.70. The minimum Gasteiger partial charge on any atom is -0.493 e. The fourth-order valence-electron chi connectivity index (χ4n) is 2.84. The van der Waals surface area contributed by atoms with E-state index in [9.17, 15) is 9.59 Å². The third-order valence-electron chi connectivity index (χ3n) is 4.37. The fourth-order valence-corrected chi connectivity index (χ4v) is 3.98. The Morgan fingerprint density at radius 3 is 2.58 bits per heavy atom. The molecule has 0 aromatic heterocycles. The molecule has 0 aliphatic carbocycles. The van der Waals surface area contributed by atoms with Crippen LogP contribution in [0.3, 0.4) is 0 Å². The maximum atomic E-state index is 12.7. The molecule has 1 aliphatic heterocycles. The van der Waals surface area contributed by atoms with Gasteiger partial charge in [-0.15, -0.1) is 0 Å². The number of hydrogen-bond acceptors (Lipinski definition) is 6. The zero-order chi connectivity index (χ0) is 22.4. The first-order chi connectivity index (χ1) is 14.9. The highest BCUT2D eigenvalue weighted by Crippen LogP contribution is 2.39. The number of carbonyl (C=O) groups is 2. The monoisotopic (exact) mass is 459 g/mol. The third kappa shape index (κ3) is 5.62. The molecule has 0 radical (unpaired) electrons. The molecule has 0 spiro atoms. The van der Waals surface area contributed by atoms with Gasteiger partial charge in [-0.25, -0.2) is 0 Å². The summed E-state index contributed by atoms with van der Waals surface area (Å²) in [6.07, 6.45) is 3.21. The fraction of sp³-hybridized carbons (Fsp3) is 0.217. The van der Waals surface area contributed by atoms with Crippen molar-refractivity contribution in [3.05, 3.63) is 70.1 Å². The van der Waals surface area contributed by atoms with Crippen LogP contribution >= 0.6 is 23.4 Å². The second-order valence-corrected chi connectivity index (χ2v) is 8.03. The van der Waals surface area contributed by atoms with Crippen molar-refractivity contribution in [2.75, 3.05) is 26.9 Å². The number of imide groups is 1. The van der Waals surface area contributed by atoms with Gasteiger partial charge in [0.25, 0.3) is 11.1 Å². The number of nitrogens with zero attached hydrogens (tertiary/aromatic N) is 1. The van der Waals surface area contributed by atoms with Gasteiger partial charge in [0.15, 0.2) is 11.5 Å². The summed E-state index contributed by atoms with van der Waals surface area (Å²) in [6.45, 7) is 6.24. The van der Waals surface area contributed by atoms with E-state index in [4.69, 9.17) is 25.8 Å². The molecule has 0 N–H and O–H groups in total. The quantitative estimate of drug-likeness (QED) is 0.372. The van der Waals surface area contributed by atoms with Gasteiger partial charge in [0.1, 0.15) is 19.0 Å². The van der Waals surface area contributed by atoms with Gasteiger partial charge < -0.3 is 14.2 Å². The van der Waals surface area contributed by atoms with E-state index in [1.54, 1.807) is 24.3 Å². The summed E-state index contributed by atoms with van der Waals surface area (Å²) in [6, 6.07) is 10.9. The Kier molecular flexibility index (Phi) is 7.65. The highest BCUT2D eigenvalue weighted by Gasteiger charge is 2.34. The summed E-state index contributed by atoms with van der Waals surface area (Å²) < 4.78 is 16.5. The molecular weight excluding hydrogens is 438 g/mol. The molecule has 1 saturated heterocycles. The second kappa shape index (κ2) is 10.4. The molecule has 162 valence electrons. The Bertz CT molecular complexity index is 1020. The lowest BCUT2D eigenvalue weighted by atomic mass is 10.1. The van der Waals surface area contributed by atoms with Crippen molar-refractivity contribution < 1.29 is 23.8 Å². The van der Waals surface area contributed by atoms with Crippen LogP contribution in [0.5, 0.6) is 17.2 Å². The number of amides is 2. The number of methoxy groups -OCH3 is 1. The van der Waals surface area contributed by atoms with Crippen LogP contribution in [0.15, 0.2) is 54.0 Å². The van der Waals surface area contributed by atoms with Crippen LogP contribution in [0.4, 0.5) is 4.79 Å². The van der Waals surface area contributed by atoms with Crippen LogP contribution in [-0.2, 0) is 4.79 Å². The lowest BCUT2D eigenvalue weighted by molar-refractivity contribution is -0.123. The summed E-state index contributed by atoms with van der Waals surface area (Å²) in [5.74, 6) is 1.13. The van der Waals surface area contributed by atoms with Crippen molar-refractivity contribution in [1.29, 1.82) is 0 Å². The smallest absolute Gasteiger partial charge is 0.293 e. The molecule has 0 saturated carbocycles. The zero-order valence-electron chi connectivity index (χ0n) is 17.2. The van der Waals surface area contributed by atoms with Gasteiger partial charge >= 0.3 is 0 Å². The molecule has 8 heteroatoms. The molecule has 2 aromatic rings. The lowest BCUT2D eigenvalue weighted by Crippen LogP contribution is -2.32. The van der Waals surface area contributed by atoms with Gasteiger partial charge in [-0.2, -0.15) is 0 Å². The van der Waals surface area contributed by atoms with Crippen molar-refractivity contribution in [2.45, 2.75) is 6.92 Å². The molecule has 2 amide bonds. The average Bonchev–Trinajstić information content (AvgIpc) is 3.01. The van der Waals surface area contributed by atoms with Gasteiger partial charge in [-0.1, -0.05) is 42.0 Å². The van der Waals surface area contributed by atoms with Gasteiger partial charge in [0.2, 0.25) is 0 Å². The molecule has 0 unspecified atom stereocenters. The predicted octanol–water partition coefficient (Wildman–Crippen LogP) is 5.34. The number of carbonyl (C=O) groups excluding carboxylic acids is 2. The SMILES string of the molecule is C=CCOc1c(Cl)cc(/C=C2\SC(=O)N(CCOc3ccc(C)cc3)C2=O)cc1OC. The molecule has 31 heavy (non-hydrogen) atoms. The van der Waals surface area contributed by atoms with Gasteiger partial charge in [0.05, 0.1) is 23.6 Å². The van der Waals surface area contributed by atoms with E-state index in [1.807, 2.05) is 31.2 Å². The van der Waals surface area contributed by atoms with E-state index >= 15 is 0 Å². The molecule has 3 rings (SSSR count). The molecule has 6 nitrogen and oxygen atoms in total. The summed E-state index contributed by atoms with van der Waals surface area (Å²) in [5.41, 5.74) is 1.75. The van der Waals surface area contributed by atoms with E-state index in [0.29, 0.717) is 32.7 Å². The summed E-state index contributed by atoms with van der Waals surface area (Å²) >= 11 is 7.19. The van der Waals surface area contributed by atoms with Crippen molar-refractivity contribution >= 4 is 40.6 Å². The van der Waals surface area contributed by atoms with Crippen molar-refractivity contribution in [2.24, 2.45) is 0 Å². The lowest BCUT2D eigenvalue weighted by Gasteiger charge is -2.13. The van der Waals surface area contributed by atoms with Crippen LogP contribution in [0.1, 0.15) is 11.1 Å². The highest BCUT2D eigenvalue weighted by atomic mass is 35.5. The van der Waals surface area contributed by atoms with Gasteiger partial charge in [0, 0.05) is 0 Å². The number of halogens is 1. The maximum Gasteiger partial charge on any atom is 0.293 e. The second-order valence-electron chi connectivity index (χ2n) is 6.63. The minimum absolute atomic E-state index is 0.161. The Morgan fingerprint density at radius 2 is 1.90 bits per heavy atom. The van der Waals surface area contributed by atoms with Crippen LogP contribution < -0.4 is 14.2 Å². The number of hydrogen-bond donors (Lipinski definition) is 0. The average molecular weight is 460 g/mol. The first-order valence-electron chi connectivity index (χ1n) is 9.49. The summed E-state index contributed by atoms with van der Waals surface area (Å²) in [7, 11) is 1.50. The number of aryl methyl sites for hydroxylation is 1. The molecule has 1 fully saturated rings. The standard InChI is InChI=1S/C23H22ClNO5S/c1-4-10-30-21-18(24)12-16(13-19(21)28-3)14-20-22(26)25(23(27)31-20)9-11-29-17-7-5-15(2)6-8-17/h4-8,12-14H,1,9-11H2,2-3H3/b20-14-. The van der Waals surface area contributed by atoms with Gasteiger partial charge in [-0.3, -0.25) is 14.5 Å². The normalized spacial score (nSPS) is 14.8. The molecule has 0 atom stereocenters. The molecule has 2 aromatic carbocycles. The van der Waals surface area contributed by atoms with Crippen LogP contribution in [0.25, 0.3) is 6.08 Å². The zero-order valence-corrected chi connectivity index (χ0v) is 18.8. The largest absolute Gasteiger partial charge is 0.493 e. The van der Waals surface area contributed by atoms with E-state index < -0.39 is 0 Å². The van der Waals surface area contributed by atoms with Crippen molar-refractivity contribution in [3.8, 4) is 17.2 Å². The third-order valence-corrected chi connectivity index (χ3v) is 5.56. The van der Waals surface area contributed by atoms with E-state index in [0.717, 1.165) is 17.3 Å². The van der Waals surface area contributed by atoms with E-state index in [1.165, 1.54) is 12.0 Å². The number of benzene rings is 2. The van der Waals surface area contributed by atoms with Crippen LogP contribution in [0.2, 0.25) is 5.02 Å². The molecule has 1 heterocycles. The van der Waals surface area contributed by atoms with Crippen molar-refractivity contribution in [3.63, 3.8) is 0 Å². The topological polar surface area (TPSA) is 65.1 Å². The highest BCUT2D eigenvalue weighted by molar-refractivity contribution is 8.18. The first kappa shape index (κ1) is 22.8. The van der Waals surface area contributed by atoms with E-state index in [2.05, 4.69) is 6.58 Å². The van der Waals surface area contributed by atoms with Gasteiger partial charge in [-0.05, 0) is 54.6 Å². The minimum atomic E-state index is -0.371. The number of thioether (sulfide) groups is 1. The maximum absolute atomic E-state index is 12.7. The number of ether oxygens (including phenoxy) is 3. The van der Waals surface area contributed by atoms with E-state index in [-0.39, 0.29) is 30.9 Å². The van der Waals surface area contributed by atoms with Crippen LogP contribution in [-0.4, -0.2) is 42.9 Å². The Hall–Kier alpha value is -2.90. The first-order valence-corrected chi connectivity index (χ1v) is 10.7. The molecule has 1 aliphatic rings. The number of rotatable bonds is 9. The molecule has 0 bridgehead atoms. The summed E-state index contributed by atoms with van der Waals surface area (Å²) in [5, 5.41) is -0.00840. The summed E-state index contributed by atoms with van der Waals surface area (Å²) in [4.78, 5) is 26.5. The predicted molar refractivity (Wildman–Crippen MR) is 123 cm³/mol. The Labute approximate surface area is 190 Å². The Morgan fingerprint density at radius 1 is 1.16 bits per heavy atom. The van der Waals surface area contributed by atoms with Crippen molar-refractivity contribution in [1.82, 2.24) is 4.90 Å². The molecular formula is C23H22ClNO5S. The van der Waals surface area contributed by atoms with Crippen LogP contribution in [0, 0.1) is 6.92 Å².